The van der Waals surface area contributed by atoms with Gasteiger partial charge in [0.1, 0.15) is 0 Å². The Hall–Kier alpha value is -2.85. The third kappa shape index (κ3) is 4.34. The second-order valence-corrected chi connectivity index (χ2v) is 7.31. The summed E-state index contributed by atoms with van der Waals surface area (Å²) in [5, 5.41) is 13.3. The molecule has 3 rings (SSSR count). The van der Waals surface area contributed by atoms with Crippen LogP contribution in [0.2, 0.25) is 0 Å². The van der Waals surface area contributed by atoms with Crippen LogP contribution in [0.25, 0.3) is 5.69 Å². The molecular formula is C24H28N2O2. The molecule has 0 aliphatic heterocycles. The Morgan fingerprint density at radius 3 is 2.21 bits per heavy atom. The van der Waals surface area contributed by atoms with Crippen LogP contribution in [0, 0.1) is 13.8 Å². The highest BCUT2D eigenvalue weighted by Gasteiger charge is 2.23. The van der Waals surface area contributed by atoms with Crippen LogP contribution in [-0.4, -0.2) is 21.7 Å². The molecule has 28 heavy (non-hydrogen) atoms. The summed E-state index contributed by atoms with van der Waals surface area (Å²) in [6.07, 6.45) is 2.01. The van der Waals surface area contributed by atoms with Gasteiger partial charge in [-0.2, -0.15) is 0 Å². The molecule has 2 aromatic carbocycles. The number of aromatic nitrogens is 1. The van der Waals surface area contributed by atoms with Crippen LogP contribution < -0.4 is 5.32 Å². The van der Waals surface area contributed by atoms with Gasteiger partial charge >= 0.3 is 5.97 Å². The molecule has 0 radical (unpaired) electrons. The van der Waals surface area contributed by atoms with E-state index in [1.54, 1.807) is 0 Å². The van der Waals surface area contributed by atoms with Crippen molar-refractivity contribution >= 4 is 5.97 Å². The summed E-state index contributed by atoms with van der Waals surface area (Å²) in [6.45, 7) is 6.58. The predicted octanol–water partition coefficient (Wildman–Crippen LogP) is 4.90. The number of nitrogens with zero attached hydrogens (tertiary/aromatic N) is 1. The van der Waals surface area contributed by atoms with Crippen LogP contribution in [0.5, 0.6) is 0 Å². The third-order valence-corrected chi connectivity index (χ3v) is 5.34. The second kappa shape index (κ2) is 8.89. The standard InChI is InChI=1S/C24H28N2O2/c1-17(14-15-20-10-6-4-7-11-20)25-16-22-18(2)26(19(3)23(22)24(27)28)21-12-8-5-9-13-21/h4-13,17,25H,14-16H2,1-3H3,(H,27,28)/t17-/m0/s1. The number of aromatic carboxylic acids is 1. The lowest BCUT2D eigenvalue weighted by Crippen LogP contribution is -2.27. The third-order valence-electron chi connectivity index (χ3n) is 5.34. The van der Waals surface area contributed by atoms with Crippen molar-refractivity contribution in [3.8, 4) is 5.69 Å². The van der Waals surface area contributed by atoms with E-state index in [4.69, 9.17) is 0 Å². The second-order valence-electron chi connectivity index (χ2n) is 7.31. The van der Waals surface area contributed by atoms with E-state index in [0.717, 1.165) is 35.5 Å². The van der Waals surface area contributed by atoms with Crippen molar-refractivity contribution in [1.82, 2.24) is 9.88 Å². The monoisotopic (exact) mass is 376 g/mol. The first-order chi connectivity index (χ1) is 13.5. The maximum absolute atomic E-state index is 12.0. The van der Waals surface area contributed by atoms with E-state index < -0.39 is 5.97 Å². The molecule has 1 atom stereocenters. The molecule has 0 aliphatic rings. The van der Waals surface area contributed by atoms with Crippen molar-refractivity contribution in [3.63, 3.8) is 0 Å². The summed E-state index contributed by atoms with van der Waals surface area (Å²) in [4.78, 5) is 12.0. The molecule has 1 aromatic heterocycles. The number of aryl methyl sites for hydroxylation is 1. The maximum Gasteiger partial charge on any atom is 0.337 e. The Bertz CT molecular complexity index is 930. The Kier molecular flexibility index (Phi) is 6.32. The van der Waals surface area contributed by atoms with Gasteiger partial charge in [-0.05, 0) is 51.3 Å². The van der Waals surface area contributed by atoms with Crippen LogP contribution in [0.15, 0.2) is 60.7 Å². The van der Waals surface area contributed by atoms with Gasteiger partial charge in [0.15, 0.2) is 0 Å². The Morgan fingerprint density at radius 2 is 1.61 bits per heavy atom. The van der Waals surface area contributed by atoms with Gasteiger partial charge in [-0.1, -0.05) is 48.5 Å². The first-order valence-electron chi connectivity index (χ1n) is 9.75. The Labute approximate surface area is 166 Å². The van der Waals surface area contributed by atoms with E-state index in [0.29, 0.717) is 18.2 Å². The molecule has 0 bridgehead atoms. The minimum atomic E-state index is -0.871. The van der Waals surface area contributed by atoms with Gasteiger partial charge in [0.25, 0.3) is 0 Å². The zero-order valence-electron chi connectivity index (χ0n) is 16.8. The van der Waals surface area contributed by atoms with Crippen molar-refractivity contribution in [3.05, 3.63) is 88.7 Å². The molecule has 0 fully saturated rings. The fourth-order valence-corrected chi connectivity index (χ4v) is 3.77. The summed E-state index contributed by atoms with van der Waals surface area (Å²) in [5.74, 6) is -0.871. The van der Waals surface area contributed by atoms with Crippen LogP contribution in [-0.2, 0) is 13.0 Å². The van der Waals surface area contributed by atoms with E-state index in [1.807, 2.05) is 54.8 Å². The lowest BCUT2D eigenvalue weighted by atomic mass is 10.1. The van der Waals surface area contributed by atoms with Crippen molar-refractivity contribution in [2.75, 3.05) is 0 Å². The van der Waals surface area contributed by atoms with Gasteiger partial charge in [0.05, 0.1) is 5.56 Å². The highest BCUT2D eigenvalue weighted by molar-refractivity contribution is 5.91. The predicted molar refractivity (Wildman–Crippen MR) is 113 cm³/mol. The number of rotatable bonds is 8. The fourth-order valence-electron chi connectivity index (χ4n) is 3.77. The maximum atomic E-state index is 12.0. The van der Waals surface area contributed by atoms with E-state index >= 15 is 0 Å². The van der Waals surface area contributed by atoms with E-state index in [9.17, 15) is 9.90 Å². The molecular weight excluding hydrogens is 348 g/mol. The van der Waals surface area contributed by atoms with Gasteiger partial charge < -0.3 is 15.0 Å². The lowest BCUT2D eigenvalue weighted by Gasteiger charge is -2.15. The fraction of sp³-hybridized carbons (Fsp3) is 0.292. The molecule has 146 valence electrons. The molecule has 0 amide bonds. The summed E-state index contributed by atoms with van der Waals surface area (Å²) in [5.41, 5.74) is 5.33. The molecule has 0 aliphatic carbocycles. The Morgan fingerprint density at radius 1 is 1.00 bits per heavy atom. The largest absolute Gasteiger partial charge is 0.478 e. The molecule has 2 N–H and O–H groups in total. The SMILES string of the molecule is Cc1c(CN[C@@H](C)CCc2ccccc2)c(C(=O)O)c(C)n1-c1ccccc1. The van der Waals surface area contributed by atoms with Crippen molar-refractivity contribution in [2.24, 2.45) is 0 Å². The number of benzene rings is 2. The number of carboxylic acids is 1. The average molecular weight is 377 g/mol. The number of carboxylic acid groups (broad SMARTS) is 1. The van der Waals surface area contributed by atoms with Crippen molar-refractivity contribution < 1.29 is 9.90 Å². The van der Waals surface area contributed by atoms with E-state index in [-0.39, 0.29) is 0 Å². The van der Waals surface area contributed by atoms with Crippen LogP contribution in [0.1, 0.15) is 46.2 Å². The normalized spacial score (nSPS) is 12.1. The number of nitrogens with one attached hydrogen (secondary N) is 1. The Balaban J connectivity index is 1.77. The van der Waals surface area contributed by atoms with Crippen LogP contribution in [0.3, 0.4) is 0 Å². The first kappa shape index (κ1) is 19.9. The van der Waals surface area contributed by atoms with E-state index in [2.05, 4.69) is 36.5 Å². The summed E-state index contributed by atoms with van der Waals surface area (Å²) < 4.78 is 2.04. The molecule has 4 nitrogen and oxygen atoms in total. The van der Waals surface area contributed by atoms with Crippen LogP contribution in [0.4, 0.5) is 0 Å². The summed E-state index contributed by atoms with van der Waals surface area (Å²) in [6, 6.07) is 20.6. The van der Waals surface area contributed by atoms with Gasteiger partial charge in [-0.3, -0.25) is 0 Å². The molecule has 3 aromatic rings. The minimum absolute atomic E-state index is 0.293. The van der Waals surface area contributed by atoms with Gasteiger partial charge in [-0.25, -0.2) is 4.79 Å². The van der Waals surface area contributed by atoms with Crippen LogP contribution >= 0.6 is 0 Å². The molecule has 0 unspecified atom stereocenters. The highest BCUT2D eigenvalue weighted by atomic mass is 16.4. The highest BCUT2D eigenvalue weighted by Crippen LogP contribution is 2.26. The summed E-state index contributed by atoms with van der Waals surface area (Å²) in [7, 11) is 0. The first-order valence-corrected chi connectivity index (χ1v) is 9.75. The molecule has 0 spiro atoms. The van der Waals surface area contributed by atoms with E-state index in [1.165, 1.54) is 5.56 Å². The van der Waals surface area contributed by atoms with Crippen molar-refractivity contribution in [1.29, 1.82) is 0 Å². The number of hydrogen-bond donors (Lipinski definition) is 2. The zero-order chi connectivity index (χ0) is 20.1. The minimum Gasteiger partial charge on any atom is -0.478 e. The quantitative estimate of drug-likeness (QED) is 0.588. The lowest BCUT2D eigenvalue weighted by molar-refractivity contribution is 0.0694. The number of para-hydroxylation sites is 1. The average Bonchev–Trinajstić information content (AvgIpc) is 2.96. The number of carbonyl (C=O) groups is 1. The molecule has 0 saturated carbocycles. The van der Waals surface area contributed by atoms with Crippen molar-refractivity contribution in [2.45, 2.75) is 46.2 Å². The van der Waals surface area contributed by atoms with Gasteiger partial charge in [0.2, 0.25) is 0 Å². The summed E-state index contributed by atoms with van der Waals surface area (Å²) >= 11 is 0. The molecule has 0 saturated heterocycles. The molecule has 1 heterocycles. The zero-order valence-corrected chi connectivity index (χ0v) is 16.8. The number of hydrogen-bond acceptors (Lipinski definition) is 2. The van der Waals surface area contributed by atoms with Gasteiger partial charge in [-0.15, -0.1) is 0 Å². The molecule has 4 heteroatoms. The van der Waals surface area contributed by atoms with Gasteiger partial charge in [0, 0.05) is 35.2 Å². The topological polar surface area (TPSA) is 54.3 Å². The smallest absolute Gasteiger partial charge is 0.337 e.